The highest BCUT2D eigenvalue weighted by Crippen LogP contribution is 2.35. The summed E-state index contributed by atoms with van der Waals surface area (Å²) < 4.78 is 29.8. The van der Waals surface area contributed by atoms with Crippen LogP contribution in [0.2, 0.25) is 0 Å². The van der Waals surface area contributed by atoms with E-state index in [1.54, 1.807) is 32.2 Å². The van der Waals surface area contributed by atoms with Gasteiger partial charge < -0.3 is 10.1 Å². The Morgan fingerprint density at radius 2 is 2.19 bits per heavy atom. The molecule has 2 rings (SSSR count). The minimum atomic E-state index is -3.29. The summed E-state index contributed by atoms with van der Waals surface area (Å²) in [6.07, 6.45) is 1.78. The first-order valence-electron chi connectivity index (χ1n) is 6.74. The molecule has 0 fully saturated rings. The van der Waals surface area contributed by atoms with E-state index in [1.165, 1.54) is 10.6 Å². The number of rotatable bonds is 5. The predicted octanol–water partition coefficient (Wildman–Crippen LogP) is 1.23. The third-order valence-corrected chi connectivity index (χ3v) is 4.69. The molecule has 0 spiro atoms. The van der Waals surface area contributed by atoms with E-state index in [-0.39, 0.29) is 11.8 Å². The average Bonchev–Trinajstić information content (AvgIpc) is 2.83. The number of benzene rings is 1. The number of ether oxygens (including phenoxy) is 1. The largest absolute Gasteiger partial charge is 0.384 e. The van der Waals surface area contributed by atoms with Crippen molar-refractivity contribution >= 4 is 27.3 Å². The highest BCUT2D eigenvalue weighted by molar-refractivity contribution is 7.92. The van der Waals surface area contributed by atoms with E-state index in [2.05, 4.69) is 5.32 Å². The molecule has 116 valence electrons. The molecule has 0 saturated carbocycles. The fourth-order valence-corrected chi connectivity index (χ4v) is 3.40. The molecule has 0 aromatic heterocycles. The lowest BCUT2D eigenvalue weighted by atomic mass is 10.1. The van der Waals surface area contributed by atoms with Gasteiger partial charge in [-0.1, -0.05) is 13.0 Å². The zero-order valence-electron chi connectivity index (χ0n) is 12.4. The molecular weight excluding hydrogens is 292 g/mol. The first kappa shape index (κ1) is 15.8. The van der Waals surface area contributed by atoms with Gasteiger partial charge in [0.15, 0.2) is 0 Å². The molecule has 0 radical (unpaired) electrons. The van der Waals surface area contributed by atoms with Crippen LogP contribution in [-0.2, 0) is 26.0 Å². The number of carbonyl (C=O) groups excluding carboxylic acids is 1. The topological polar surface area (TPSA) is 75.7 Å². The van der Waals surface area contributed by atoms with Crippen LogP contribution in [0.5, 0.6) is 0 Å². The maximum absolute atomic E-state index is 12.1. The fraction of sp³-hybridized carbons (Fsp3) is 0.500. The van der Waals surface area contributed by atoms with Crippen LogP contribution in [0.1, 0.15) is 12.5 Å². The van der Waals surface area contributed by atoms with Crippen molar-refractivity contribution < 1.29 is 17.9 Å². The van der Waals surface area contributed by atoms with Gasteiger partial charge in [0.1, 0.15) is 0 Å². The van der Waals surface area contributed by atoms with Gasteiger partial charge in [-0.2, -0.15) is 0 Å². The Labute approximate surface area is 125 Å². The second kappa shape index (κ2) is 6.03. The number of fused-ring (bicyclic) bond motifs is 1. The molecule has 0 saturated heterocycles. The molecule has 7 heteroatoms. The molecule has 1 aliphatic rings. The van der Waals surface area contributed by atoms with Crippen molar-refractivity contribution in [1.29, 1.82) is 0 Å². The number of methoxy groups -OCH3 is 1. The van der Waals surface area contributed by atoms with Crippen molar-refractivity contribution in [2.75, 3.05) is 36.1 Å². The number of nitrogens with zero attached hydrogens (tertiary/aromatic N) is 1. The molecule has 1 heterocycles. The van der Waals surface area contributed by atoms with E-state index in [1.807, 2.05) is 0 Å². The molecule has 1 N–H and O–H groups in total. The fourth-order valence-electron chi connectivity index (χ4n) is 2.45. The van der Waals surface area contributed by atoms with Gasteiger partial charge in [-0.05, 0) is 18.6 Å². The molecule has 1 aromatic carbocycles. The Morgan fingerprint density at radius 1 is 1.48 bits per heavy atom. The van der Waals surface area contributed by atoms with Gasteiger partial charge in [-0.25, -0.2) is 8.42 Å². The van der Waals surface area contributed by atoms with E-state index in [4.69, 9.17) is 4.74 Å². The van der Waals surface area contributed by atoms with Gasteiger partial charge in [0.05, 0.1) is 24.5 Å². The first-order chi connectivity index (χ1) is 9.84. The first-order valence-corrected chi connectivity index (χ1v) is 8.59. The standard InChI is InChI=1S/C14H20N2O4S/c1-10(9-20-2)14(17)15-12-5-4-6-13-11(12)7-8-16(13)21(3,18)19/h4-6,10H,7-9H2,1-3H3,(H,15,17)/t10-/m0/s1. The maximum atomic E-state index is 12.1. The summed E-state index contributed by atoms with van der Waals surface area (Å²) in [7, 11) is -1.74. The number of nitrogens with one attached hydrogen (secondary N) is 1. The lowest BCUT2D eigenvalue weighted by Gasteiger charge is -2.17. The van der Waals surface area contributed by atoms with Crippen molar-refractivity contribution in [2.24, 2.45) is 5.92 Å². The summed E-state index contributed by atoms with van der Waals surface area (Å²) in [5, 5.41) is 2.86. The Hall–Kier alpha value is -1.60. The van der Waals surface area contributed by atoms with Crippen LogP contribution in [-0.4, -0.2) is 40.8 Å². The van der Waals surface area contributed by atoms with Crippen molar-refractivity contribution in [3.05, 3.63) is 23.8 Å². The predicted molar refractivity (Wildman–Crippen MR) is 82.0 cm³/mol. The molecule has 1 atom stereocenters. The van der Waals surface area contributed by atoms with Gasteiger partial charge in [0, 0.05) is 24.9 Å². The molecule has 0 aliphatic carbocycles. The SMILES string of the molecule is COC[C@H](C)C(=O)Nc1cccc2c1CCN2S(C)(=O)=O. The summed E-state index contributed by atoms with van der Waals surface area (Å²) in [5.74, 6) is -0.402. The van der Waals surface area contributed by atoms with Crippen LogP contribution in [0, 0.1) is 5.92 Å². The van der Waals surface area contributed by atoms with E-state index in [0.29, 0.717) is 30.9 Å². The summed E-state index contributed by atoms with van der Waals surface area (Å²) in [4.78, 5) is 12.1. The zero-order valence-corrected chi connectivity index (χ0v) is 13.2. The van der Waals surface area contributed by atoms with Crippen molar-refractivity contribution in [3.63, 3.8) is 0 Å². The number of anilines is 2. The second-order valence-electron chi connectivity index (χ2n) is 5.23. The average molecular weight is 312 g/mol. The summed E-state index contributed by atoms with van der Waals surface area (Å²) in [5.41, 5.74) is 2.18. The van der Waals surface area contributed by atoms with E-state index in [0.717, 1.165) is 5.56 Å². The van der Waals surface area contributed by atoms with E-state index >= 15 is 0 Å². The van der Waals surface area contributed by atoms with Crippen molar-refractivity contribution in [3.8, 4) is 0 Å². The molecule has 1 aromatic rings. The minimum absolute atomic E-state index is 0.136. The maximum Gasteiger partial charge on any atom is 0.232 e. The van der Waals surface area contributed by atoms with Gasteiger partial charge in [0.2, 0.25) is 15.9 Å². The Bertz CT molecular complexity index is 642. The van der Waals surface area contributed by atoms with Crippen LogP contribution in [0.15, 0.2) is 18.2 Å². The highest BCUT2D eigenvalue weighted by atomic mass is 32.2. The molecule has 6 nitrogen and oxygen atoms in total. The zero-order chi connectivity index (χ0) is 15.6. The molecular formula is C14H20N2O4S. The lowest BCUT2D eigenvalue weighted by molar-refractivity contribution is -0.120. The number of sulfonamides is 1. The van der Waals surface area contributed by atoms with Crippen molar-refractivity contribution in [1.82, 2.24) is 0 Å². The second-order valence-corrected chi connectivity index (χ2v) is 7.14. The third-order valence-electron chi connectivity index (χ3n) is 3.51. The lowest BCUT2D eigenvalue weighted by Crippen LogP contribution is -2.27. The van der Waals surface area contributed by atoms with Gasteiger partial charge in [-0.15, -0.1) is 0 Å². The monoisotopic (exact) mass is 312 g/mol. The van der Waals surface area contributed by atoms with Crippen LogP contribution in [0.3, 0.4) is 0 Å². The summed E-state index contributed by atoms with van der Waals surface area (Å²) in [6, 6.07) is 5.30. The number of carbonyl (C=O) groups is 1. The minimum Gasteiger partial charge on any atom is -0.384 e. The normalized spacial score (nSPS) is 15.7. The Balaban J connectivity index is 2.25. The molecule has 1 aliphatic heterocycles. The Kier molecular flexibility index (Phi) is 4.53. The molecule has 21 heavy (non-hydrogen) atoms. The van der Waals surface area contributed by atoms with Crippen LogP contribution in [0.25, 0.3) is 0 Å². The highest BCUT2D eigenvalue weighted by Gasteiger charge is 2.28. The van der Waals surface area contributed by atoms with Gasteiger partial charge in [-0.3, -0.25) is 9.10 Å². The smallest absolute Gasteiger partial charge is 0.232 e. The number of hydrogen-bond donors (Lipinski definition) is 1. The van der Waals surface area contributed by atoms with E-state index < -0.39 is 10.0 Å². The Morgan fingerprint density at radius 3 is 2.81 bits per heavy atom. The third kappa shape index (κ3) is 3.36. The number of amides is 1. The molecule has 1 amide bonds. The van der Waals surface area contributed by atoms with Crippen LogP contribution < -0.4 is 9.62 Å². The van der Waals surface area contributed by atoms with Gasteiger partial charge in [0.25, 0.3) is 0 Å². The summed E-state index contributed by atoms with van der Waals surface area (Å²) in [6.45, 7) is 2.54. The summed E-state index contributed by atoms with van der Waals surface area (Å²) >= 11 is 0. The van der Waals surface area contributed by atoms with Gasteiger partial charge >= 0.3 is 0 Å². The number of hydrogen-bond acceptors (Lipinski definition) is 4. The van der Waals surface area contributed by atoms with Crippen molar-refractivity contribution in [2.45, 2.75) is 13.3 Å². The quantitative estimate of drug-likeness (QED) is 0.887. The molecule has 0 unspecified atom stereocenters. The van der Waals surface area contributed by atoms with Crippen LogP contribution >= 0.6 is 0 Å². The van der Waals surface area contributed by atoms with E-state index in [9.17, 15) is 13.2 Å². The van der Waals surface area contributed by atoms with Crippen LogP contribution in [0.4, 0.5) is 11.4 Å². The molecule has 0 bridgehead atoms.